The van der Waals surface area contributed by atoms with Crippen molar-refractivity contribution in [3.05, 3.63) is 10.5 Å². The molecule has 0 aliphatic carbocycles. The van der Waals surface area contributed by atoms with Gasteiger partial charge in [-0.15, -0.1) is 5.10 Å². The number of hydrogen-bond donors (Lipinski definition) is 3. The van der Waals surface area contributed by atoms with Crippen molar-refractivity contribution >= 4 is 17.7 Å². The standard InChI is InChI=1S/C8H15N5O2S/c1-3-13-7(15)11-12-8(13)16-4-5(2)6(14)10-9/h5H,3-4,9H2,1-2H3,(H,10,14)(H,11,15). The molecule has 1 heterocycles. The summed E-state index contributed by atoms with van der Waals surface area (Å²) in [5.74, 6) is 5.08. The molecule has 1 rings (SSSR count). The molecule has 0 saturated heterocycles. The molecule has 0 aromatic carbocycles. The fourth-order valence-electron chi connectivity index (χ4n) is 1.11. The molecule has 4 N–H and O–H groups in total. The van der Waals surface area contributed by atoms with E-state index in [1.54, 1.807) is 6.92 Å². The van der Waals surface area contributed by atoms with Crippen molar-refractivity contribution in [1.29, 1.82) is 0 Å². The zero-order chi connectivity index (χ0) is 12.1. The Balaban J connectivity index is 2.61. The Morgan fingerprint density at radius 2 is 2.44 bits per heavy atom. The van der Waals surface area contributed by atoms with Gasteiger partial charge in [0.2, 0.25) is 5.91 Å². The van der Waals surface area contributed by atoms with Crippen LogP contribution in [0, 0.1) is 5.92 Å². The minimum Gasteiger partial charge on any atom is -0.294 e. The summed E-state index contributed by atoms with van der Waals surface area (Å²) in [7, 11) is 0. The molecule has 90 valence electrons. The van der Waals surface area contributed by atoms with Gasteiger partial charge in [-0.1, -0.05) is 18.7 Å². The molecular weight excluding hydrogens is 230 g/mol. The van der Waals surface area contributed by atoms with Gasteiger partial charge in [-0.25, -0.2) is 15.7 Å². The highest BCUT2D eigenvalue weighted by atomic mass is 32.2. The number of carbonyl (C=O) groups excluding carboxylic acids is 1. The van der Waals surface area contributed by atoms with E-state index in [9.17, 15) is 9.59 Å². The van der Waals surface area contributed by atoms with Crippen molar-refractivity contribution in [2.45, 2.75) is 25.5 Å². The number of thioether (sulfide) groups is 1. The highest BCUT2D eigenvalue weighted by Crippen LogP contribution is 2.16. The maximum absolute atomic E-state index is 11.2. The third-order valence-corrected chi connectivity index (χ3v) is 3.33. The first kappa shape index (κ1) is 12.8. The minimum atomic E-state index is -0.235. The first-order chi connectivity index (χ1) is 7.60. The number of nitrogens with one attached hydrogen (secondary N) is 2. The van der Waals surface area contributed by atoms with Crippen LogP contribution in [0.25, 0.3) is 0 Å². The normalized spacial score (nSPS) is 12.4. The van der Waals surface area contributed by atoms with Gasteiger partial charge in [-0.3, -0.25) is 14.8 Å². The Morgan fingerprint density at radius 3 is 3.00 bits per heavy atom. The third kappa shape index (κ3) is 2.86. The fourth-order valence-corrected chi connectivity index (χ4v) is 2.14. The molecule has 7 nitrogen and oxygen atoms in total. The smallest absolute Gasteiger partial charge is 0.294 e. The van der Waals surface area contributed by atoms with Gasteiger partial charge in [0.1, 0.15) is 0 Å². The number of aromatic amines is 1. The Kier molecular flexibility index (Phi) is 4.56. The Morgan fingerprint density at radius 1 is 1.75 bits per heavy atom. The highest BCUT2D eigenvalue weighted by molar-refractivity contribution is 7.99. The number of aromatic nitrogens is 3. The van der Waals surface area contributed by atoms with Crippen LogP contribution in [0.2, 0.25) is 0 Å². The average Bonchev–Trinajstić information content (AvgIpc) is 2.65. The molecule has 0 aliphatic rings. The van der Waals surface area contributed by atoms with Crippen LogP contribution in [0.1, 0.15) is 13.8 Å². The predicted molar refractivity (Wildman–Crippen MR) is 60.7 cm³/mol. The molecule has 0 aliphatic heterocycles. The number of carbonyl (C=O) groups is 1. The average molecular weight is 245 g/mol. The Labute approximate surface area is 96.8 Å². The van der Waals surface area contributed by atoms with Crippen LogP contribution in [0.15, 0.2) is 9.95 Å². The summed E-state index contributed by atoms with van der Waals surface area (Å²) in [6, 6.07) is 0. The minimum absolute atomic E-state index is 0.228. The molecule has 0 saturated carbocycles. The number of amides is 1. The maximum Gasteiger partial charge on any atom is 0.343 e. The molecule has 8 heteroatoms. The molecule has 1 amide bonds. The first-order valence-corrected chi connectivity index (χ1v) is 5.87. The van der Waals surface area contributed by atoms with Crippen LogP contribution in [0.3, 0.4) is 0 Å². The number of hydrogen-bond acceptors (Lipinski definition) is 5. The van der Waals surface area contributed by atoms with E-state index in [0.29, 0.717) is 17.5 Å². The van der Waals surface area contributed by atoms with Gasteiger partial charge in [0.05, 0.1) is 0 Å². The molecule has 1 aromatic rings. The lowest BCUT2D eigenvalue weighted by Crippen LogP contribution is -2.35. The first-order valence-electron chi connectivity index (χ1n) is 4.88. The maximum atomic E-state index is 11.2. The number of H-pyrrole nitrogens is 1. The number of nitrogens with zero attached hydrogens (tertiary/aromatic N) is 2. The van der Waals surface area contributed by atoms with E-state index in [1.165, 1.54) is 16.3 Å². The van der Waals surface area contributed by atoms with Crippen LogP contribution in [0.5, 0.6) is 0 Å². The van der Waals surface area contributed by atoms with Crippen molar-refractivity contribution in [3.63, 3.8) is 0 Å². The second-order valence-corrected chi connectivity index (χ2v) is 4.26. The predicted octanol–water partition coefficient (Wildman–Crippen LogP) is -0.691. The fraction of sp³-hybridized carbons (Fsp3) is 0.625. The van der Waals surface area contributed by atoms with Gasteiger partial charge in [-0.2, -0.15) is 0 Å². The van der Waals surface area contributed by atoms with Gasteiger partial charge in [0.15, 0.2) is 5.16 Å². The molecule has 0 bridgehead atoms. The van der Waals surface area contributed by atoms with Crippen LogP contribution < -0.4 is 17.0 Å². The lowest BCUT2D eigenvalue weighted by molar-refractivity contribution is -0.123. The quantitative estimate of drug-likeness (QED) is 0.275. The molecule has 0 radical (unpaired) electrons. The SMILES string of the molecule is CCn1c(SCC(C)C(=O)NN)n[nH]c1=O. The molecule has 1 unspecified atom stereocenters. The summed E-state index contributed by atoms with van der Waals surface area (Å²) in [6.45, 7) is 4.17. The Hall–Kier alpha value is -1.28. The Bertz CT molecular complexity index is 413. The zero-order valence-corrected chi connectivity index (χ0v) is 10.0. The van der Waals surface area contributed by atoms with E-state index in [4.69, 9.17) is 5.84 Å². The molecule has 1 atom stereocenters. The van der Waals surface area contributed by atoms with Crippen LogP contribution in [-0.2, 0) is 11.3 Å². The van der Waals surface area contributed by atoms with Crippen molar-refractivity contribution in [3.8, 4) is 0 Å². The van der Waals surface area contributed by atoms with Gasteiger partial charge in [-0.05, 0) is 6.92 Å². The molecule has 0 spiro atoms. The summed E-state index contributed by atoms with van der Waals surface area (Å²) in [4.78, 5) is 22.4. The van der Waals surface area contributed by atoms with E-state index in [2.05, 4.69) is 15.6 Å². The lowest BCUT2D eigenvalue weighted by Gasteiger charge is -2.08. The van der Waals surface area contributed by atoms with Crippen molar-refractivity contribution < 1.29 is 4.79 Å². The number of hydrazine groups is 1. The summed E-state index contributed by atoms with van der Waals surface area (Å²) in [5, 5.41) is 6.82. The van der Waals surface area contributed by atoms with E-state index >= 15 is 0 Å². The third-order valence-electron chi connectivity index (χ3n) is 2.09. The van der Waals surface area contributed by atoms with E-state index < -0.39 is 0 Å². The second kappa shape index (κ2) is 5.71. The molecule has 16 heavy (non-hydrogen) atoms. The lowest BCUT2D eigenvalue weighted by atomic mass is 10.2. The van der Waals surface area contributed by atoms with Crippen LogP contribution >= 0.6 is 11.8 Å². The van der Waals surface area contributed by atoms with Gasteiger partial charge >= 0.3 is 5.69 Å². The number of rotatable bonds is 5. The monoisotopic (exact) mass is 245 g/mol. The molecular formula is C8H15N5O2S. The van der Waals surface area contributed by atoms with Gasteiger partial charge in [0, 0.05) is 18.2 Å². The summed E-state index contributed by atoms with van der Waals surface area (Å²) >= 11 is 1.35. The van der Waals surface area contributed by atoms with E-state index in [1.807, 2.05) is 6.92 Å². The number of nitrogens with two attached hydrogens (primary N) is 1. The van der Waals surface area contributed by atoms with Crippen LogP contribution in [-0.4, -0.2) is 26.4 Å². The summed E-state index contributed by atoms with van der Waals surface area (Å²) < 4.78 is 1.51. The largest absolute Gasteiger partial charge is 0.343 e. The summed E-state index contributed by atoms with van der Waals surface area (Å²) in [5.41, 5.74) is 1.85. The van der Waals surface area contributed by atoms with Crippen molar-refractivity contribution in [2.24, 2.45) is 11.8 Å². The second-order valence-electron chi connectivity index (χ2n) is 3.28. The van der Waals surface area contributed by atoms with Crippen molar-refractivity contribution in [2.75, 3.05) is 5.75 Å². The van der Waals surface area contributed by atoms with Crippen LogP contribution in [0.4, 0.5) is 0 Å². The highest BCUT2D eigenvalue weighted by Gasteiger charge is 2.14. The van der Waals surface area contributed by atoms with E-state index in [0.717, 1.165) is 0 Å². The topological polar surface area (TPSA) is 106 Å². The van der Waals surface area contributed by atoms with Crippen molar-refractivity contribution in [1.82, 2.24) is 20.2 Å². The van der Waals surface area contributed by atoms with Gasteiger partial charge < -0.3 is 0 Å². The van der Waals surface area contributed by atoms with Gasteiger partial charge in [0.25, 0.3) is 0 Å². The molecule has 0 fully saturated rings. The zero-order valence-electron chi connectivity index (χ0n) is 9.19. The summed E-state index contributed by atoms with van der Waals surface area (Å²) in [6.07, 6.45) is 0. The van der Waals surface area contributed by atoms with E-state index in [-0.39, 0.29) is 17.5 Å². The molecule has 1 aromatic heterocycles.